The third-order valence-corrected chi connectivity index (χ3v) is 4.43. The molecule has 0 fully saturated rings. The number of urea groups is 1. The van der Waals surface area contributed by atoms with Gasteiger partial charge in [-0.15, -0.1) is 0 Å². The Hall–Kier alpha value is -3.77. The van der Waals surface area contributed by atoms with E-state index < -0.39 is 6.03 Å². The Kier molecular flexibility index (Phi) is 5.18. The number of halogens is 1. The topological polar surface area (TPSA) is 84.0 Å². The van der Waals surface area contributed by atoms with E-state index in [0.29, 0.717) is 33.0 Å². The molecule has 0 spiro atoms. The largest absolute Gasteiger partial charge is 0.323 e. The van der Waals surface area contributed by atoms with Crippen LogP contribution in [0.1, 0.15) is 15.9 Å². The Morgan fingerprint density at radius 2 is 1.38 bits per heavy atom. The molecule has 0 saturated carbocycles. The average molecular weight is 403 g/mol. The number of benzene rings is 3. The predicted molar refractivity (Wildman–Crippen MR) is 114 cm³/mol. The predicted octanol–water partition coefficient (Wildman–Crippen LogP) is 5.16. The highest BCUT2D eigenvalue weighted by Crippen LogP contribution is 2.19. The molecule has 1 aromatic heterocycles. The lowest BCUT2D eigenvalue weighted by Gasteiger charge is -2.09. The molecule has 29 heavy (non-hydrogen) atoms. The molecule has 3 aromatic carbocycles. The van der Waals surface area contributed by atoms with E-state index in [1.165, 1.54) is 0 Å². The molecule has 4 aromatic rings. The number of aromatic nitrogens is 2. The van der Waals surface area contributed by atoms with Crippen LogP contribution in [0.15, 0.2) is 79.1 Å². The lowest BCUT2D eigenvalue weighted by atomic mass is 10.0. The molecule has 0 aliphatic carbocycles. The summed E-state index contributed by atoms with van der Waals surface area (Å²) in [5.41, 5.74) is 3.38. The second-order valence-electron chi connectivity index (χ2n) is 6.26. The smallest absolute Gasteiger partial charge is 0.308 e. The number of carbonyl (C=O) groups is 2. The van der Waals surface area contributed by atoms with Gasteiger partial charge in [-0.1, -0.05) is 29.8 Å². The van der Waals surface area contributed by atoms with Crippen molar-refractivity contribution >= 4 is 45.8 Å². The number of rotatable bonds is 4. The maximum absolute atomic E-state index is 12.9. The number of carbonyl (C=O) groups excluding carboxylic acids is 2. The summed E-state index contributed by atoms with van der Waals surface area (Å²) in [5, 5.41) is 5.94. The van der Waals surface area contributed by atoms with Crippen LogP contribution in [0.2, 0.25) is 5.02 Å². The van der Waals surface area contributed by atoms with Crippen LogP contribution in [0.4, 0.5) is 16.2 Å². The van der Waals surface area contributed by atoms with Crippen LogP contribution in [0.3, 0.4) is 0 Å². The molecule has 4 rings (SSSR count). The number of hydrogen-bond acceptors (Lipinski definition) is 4. The molecule has 0 aliphatic rings. The van der Waals surface area contributed by atoms with E-state index in [1.807, 2.05) is 0 Å². The van der Waals surface area contributed by atoms with Crippen LogP contribution in [-0.2, 0) is 0 Å². The summed E-state index contributed by atoms with van der Waals surface area (Å²) in [4.78, 5) is 33.5. The Morgan fingerprint density at radius 1 is 0.724 bits per heavy atom. The molecule has 7 heteroatoms. The summed E-state index contributed by atoms with van der Waals surface area (Å²) in [5.74, 6) is -0.170. The number of ketones is 1. The molecule has 0 aliphatic heterocycles. The molecule has 6 nitrogen and oxygen atoms in total. The van der Waals surface area contributed by atoms with Crippen molar-refractivity contribution < 1.29 is 9.59 Å². The van der Waals surface area contributed by atoms with Gasteiger partial charge in [0, 0.05) is 39.9 Å². The van der Waals surface area contributed by atoms with E-state index in [1.54, 1.807) is 79.1 Å². The van der Waals surface area contributed by atoms with Crippen molar-refractivity contribution in [2.75, 3.05) is 10.6 Å². The van der Waals surface area contributed by atoms with Gasteiger partial charge in [0.2, 0.25) is 0 Å². The quantitative estimate of drug-likeness (QED) is 0.462. The number of fused-ring (bicyclic) bond motifs is 1. The number of nitrogens with zero attached hydrogens (tertiary/aromatic N) is 2. The molecule has 1 heterocycles. The monoisotopic (exact) mass is 402 g/mol. The van der Waals surface area contributed by atoms with E-state index in [9.17, 15) is 9.59 Å². The van der Waals surface area contributed by atoms with Gasteiger partial charge in [-0.3, -0.25) is 14.8 Å². The summed E-state index contributed by atoms with van der Waals surface area (Å²) in [7, 11) is 0. The zero-order chi connectivity index (χ0) is 20.2. The van der Waals surface area contributed by atoms with Crippen molar-refractivity contribution in [1.29, 1.82) is 0 Å². The number of amides is 2. The molecular formula is C22H15ClN4O2. The number of hydrogen-bond donors (Lipinski definition) is 2. The first-order chi connectivity index (χ1) is 14.1. The van der Waals surface area contributed by atoms with Crippen molar-refractivity contribution in [2.24, 2.45) is 0 Å². The fourth-order valence-corrected chi connectivity index (χ4v) is 3.06. The fraction of sp³-hybridized carbons (Fsp3) is 0. The van der Waals surface area contributed by atoms with E-state index in [0.717, 1.165) is 5.52 Å². The minimum Gasteiger partial charge on any atom is -0.308 e. The van der Waals surface area contributed by atoms with Gasteiger partial charge >= 0.3 is 6.03 Å². The Balaban J connectivity index is 1.51. The van der Waals surface area contributed by atoms with Crippen LogP contribution in [0.25, 0.3) is 11.0 Å². The molecule has 2 amide bonds. The van der Waals surface area contributed by atoms with Gasteiger partial charge in [0.15, 0.2) is 5.78 Å². The first-order valence-electron chi connectivity index (χ1n) is 8.77. The lowest BCUT2D eigenvalue weighted by molar-refractivity contribution is 0.103. The summed E-state index contributed by atoms with van der Waals surface area (Å²) in [6.07, 6.45) is 3.19. The minimum absolute atomic E-state index is 0.170. The van der Waals surface area contributed by atoms with Crippen molar-refractivity contribution in [3.05, 3.63) is 95.3 Å². The molecule has 0 bridgehead atoms. The van der Waals surface area contributed by atoms with Crippen molar-refractivity contribution in [3.8, 4) is 0 Å². The van der Waals surface area contributed by atoms with Gasteiger partial charge in [0.05, 0.1) is 11.0 Å². The van der Waals surface area contributed by atoms with Gasteiger partial charge in [0.1, 0.15) is 0 Å². The van der Waals surface area contributed by atoms with Crippen LogP contribution in [-0.4, -0.2) is 21.8 Å². The van der Waals surface area contributed by atoms with Crippen molar-refractivity contribution in [3.63, 3.8) is 0 Å². The van der Waals surface area contributed by atoms with Gasteiger partial charge < -0.3 is 10.6 Å². The van der Waals surface area contributed by atoms with Crippen LogP contribution in [0.5, 0.6) is 0 Å². The van der Waals surface area contributed by atoms with Crippen LogP contribution in [0, 0.1) is 0 Å². The zero-order valence-corrected chi connectivity index (χ0v) is 15.9. The molecule has 0 atom stereocenters. The SMILES string of the molecule is O=C(Nc1cccc(Cl)c1)Nc1cccc(C(=O)c2ccc3nccnc3c2)c1. The average Bonchev–Trinajstić information content (AvgIpc) is 2.73. The fourth-order valence-electron chi connectivity index (χ4n) is 2.87. The van der Waals surface area contributed by atoms with Gasteiger partial charge in [0.25, 0.3) is 0 Å². The molecule has 142 valence electrons. The Labute approximate surface area is 171 Å². The third-order valence-electron chi connectivity index (χ3n) is 4.20. The summed E-state index contributed by atoms with van der Waals surface area (Å²) in [6, 6.07) is 18.3. The van der Waals surface area contributed by atoms with Gasteiger partial charge in [-0.25, -0.2) is 4.79 Å². The highest BCUT2D eigenvalue weighted by atomic mass is 35.5. The summed E-state index contributed by atoms with van der Waals surface area (Å²) < 4.78 is 0. The number of nitrogens with one attached hydrogen (secondary N) is 2. The lowest BCUT2D eigenvalue weighted by Crippen LogP contribution is -2.19. The minimum atomic E-state index is -0.433. The highest BCUT2D eigenvalue weighted by molar-refractivity contribution is 6.30. The third kappa shape index (κ3) is 4.39. The van der Waals surface area contributed by atoms with E-state index in [2.05, 4.69) is 20.6 Å². The molecule has 2 N–H and O–H groups in total. The second kappa shape index (κ2) is 8.08. The summed E-state index contributed by atoms with van der Waals surface area (Å²) >= 11 is 5.92. The van der Waals surface area contributed by atoms with Crippen molar-refractivity contribution in [1.82, 2.24) is 9.97 Å². The normalized spacial score (nSPS) is 10.5. The van der Waals surface area contributed by atoms with Crippen LogP contribution >= 0.6 is 11.6 Å². The van der Waals surface area contributed by atoms with Gasteiger partial charge in [-0.2, -0.15) is 0 Å². The van der Waals surface area contributed by atoms with E-state index in [-0.39, 0.29) is 5.78 Å². The molecule has 0 saturated heterocycles. The van der Waals surface area contributed by atoms with Gasteiger partial charge in [-0.05, 0) is 48.5 Å². The second-order valence-corrected chi connectivity index (χ2v) is 6.70. The zero-order valence-electron chi connectivity index (χ0n) is 15.1. The van der Waals surface area contributed by atoms with Crippen LogP contribution < -0.4 is 10.6 Å². The first-order valence-corrected chi connectivity index (χ1v) is 9.15. The highest BCUT2D eigenvalue weighted by Gasteiger charge is 2.12. The Bertz CT molecular complexity index is 1230. The van der Waals surface area contributed by atoms with Crippen molar-refractivity contribution in [2.45, 2.75) is 0 Å². The van der Waals surface area contributed by atoms with E-state index >= 15 is 0 Å². The first kappa shape index (κ1) is 18.6. The molecule has 0 radical (unpaired) electrons. The Morgan fingerprint density at radius 3 is 2.14 bits per heavy atom. The standard InChI is InChI=1S/C22H15ClN4O2/c23-16-4-2-6-18(13-16)27-22(29)26-17-5-1-3-14(11-17)21(28)15-7-8-19-20(12-15)25-10-9-24-19/h1-13H,(H2,26,27,29). The maximum atomic E-state index is 12.9. The van der Waals surface area contributed by atoms with E-state index in [4.69, 9.17) is 11.6 Å². The maximum Gasteiger partial charge on any atom is 0.323 e. The molecule has 0 unspecified atom stereocenters. The number of anilines is 2. The summed E-state index contributed by atoms with van der Waals surface area (Å²) in [6.45, 7) is 0. The molecular weight excluding hydrogens is 388 g/mol.